The number of ether oxygens (including phenoxy) is 1. The number of fused-ring (bicyclic) bond motifs is 1. The summed E-state index contributed by atoms with van der Waals surface area (Å²) in [5.41, 5.74) is 3.26. The van der Waals surface area contributed by atoms with Crippen LogP contribution in [0.2, 0.25) is 0 Å². The van der Waals surface area contributed by atoms with Crippen LogP contribution >= 0.6 is 0 Å². The minimum absolute atomic E-state index is 0.0244. The molecule has 2 aromatic carbocycles. The summed E-state index contributed by atoms with van der Waals surface area (Å²) >= 11 is 0. The Morgan fingerprint density at radius 3 is 2.70 bits per heavy atom. The Morgan fingerprint density at radius 2 is 1.96 bits per heavy atom. The summed E-state index contributed by atoms with van der Waals surface area (Å²) in [7, 11) is 0. The van der Waals surface area contributed by atoms with Crippen LogP contribution in [-0.4, -0.2) is 18.6 Å². The number of anilines is 1. The third-order valence-corrected chi connectivity index (χ3v) is 4.05. The van der Waals surface area contributed by atoms with E-state index >= 15 is 0 Å². The zero-order chi connectivity index (χ0) is 16.2. The van der Waals surface area contributed by atoms with Crippen molar-refractivity contribution in [3.63, 3.8) is 0 Å². The van der Waals surface area contributed by atoms with Crippen molar-refractivity contribution in [3.8, 4) is 5.75 Å². The molecule has 3 rings (SSSR count). The van der Waals surface area contributed by atoms with Crippen LogP contribution < -0.4 is 9.64 Å². The summed E-state index contributed by atoms with van der Waals surface area (Å²) in [5.74, 6) is 0.870. The number of nitrogens with zero attached hydrogens (tertiary/aromatic N) is 1. The van der Waals surface area contributed by atoms with Gasteiger partial charge in [0, 0.05) is 17.8 Å². The first-order valence-corrected chi connectivity index (χ1v) is 8.01. The van der Waals surface area contributed by atoms with Gasteiger partial charge in [-0.25, -0.2) is 0 Å². The minimum Gasteiger partial charge on any atom is -0.494 e. The zero-order valence-electron chi connectivity index (χ0n) is 13.5. The standard InChI is InChI=1S/C20H21NO2/c1-3-23-18-11-8-16(9-12-18)10-13-20(22)21-15(2)14-17-6-4-5-7-19(17)21/h4-13,15H,3,14H2,1-2H3/b13-10-/t15-/m1/s1. The normalized spacial score (nSPS) is 16.6. The Hall–Kier alpha value is -2.55. The van der Waals surface area contributed by atoms with E-state index in [1.165, 1.54) is 5.56 Å². The Kier molecular flexibility index (Phi) is 4.47. The molecule has 2 aromatic rings. The van der Waals surface area contributed by atoms with Crippen LogP contribution in [0, 0.1) is 0 Å². The highest BCUT2D eigenvalue weighted by molar-refractivity contribution is 6.05. The van der Waals surface area contributed by atoms with E-state index in [0.29, 0.717) is 6.61 Å². The third-order valence-electron chi connectivity index (χ3n) is 4.05. The van der Waals surface area contributed by atoms with Gasteiger partial charge in [-0.05, 0) is 55.7 Å². The second-order valence-electron chi connectivity index (χ2n) is 5.73. The Labute approximate surface area is 137 Å². The molecular weight excluding hydrogens is 286 g/mol. The molecule has 0 saturated carbocycles. The molecule has 118 valence electrons. The summed E-state index contributed by atoms with van der Waals surface area (Å²) < 4.78 is 5.42. The minimum atomic E-state index is 0.0244. The van der Waals surface area contributed by atoms with Crippen LogP contribution in [0.15, 0.2) is 54.6 Å². The van der Waals surface area contributed by atoms with Gasteiger partial charge in [-0.15, -0.1) is 0 Å². The molecule has 1 atom stereocenters. The molecule has 0 aromatic heterocycles. The van der Waals surface area contributed by atoms with Crippen molar-refractivity contribution in [2.45, 2.75) is 26.3 Å². The van der Waals surface area contributed by atoms with Gasteiger partial charge < -0.3 is 9.64 Å². The topological polar surface area (TPSA) is 29.5 Å². The molecule has 0 radical (unpaired) electrons. The van der Waals surface area contributed by atoms with Crippen LogP contribution in [0.4, 0.5) is 5.69 Å². The van der Waals surface area contributed by atoms with Crippen molar-refractivity contribution >= 4 is 17.7 Å². The second kappa shape index (κ2) is 6.69. The second-order valence-corrected chi connectivity index (χ2v) is 5.73. The van der Waals surface area contributed by atoms with E-state index in [9.17, 15) is 4.79 Å². The van der Waals surface area contributed by atoms with Gasteiger partial charge in [-0.1, -0.05) is 30.3 Å². The molecule has 0 unspecified atom stereocenters. The Balaban J connectivity index is 1.74. The van der Waals surface area contributed by atoms with Gasteiger partial charge in [0.1, 0.15) is 5.75 Å². The van der Waals surface area contributed by atoms with Gasteiger partial charge in [0.25, 0.3) is 5.91 Å². The SMILES string of the molecule is CCOc1ccc(/C=C\C(=O)N2c3ccccc3C[C@H]2C)cc1. The fourth-order valence-electron chi connectivity index (χ4n) is 2.99. The van der Waals surface area contributed by atoms with E-state index in [1.807, 2.05) is 60.4 Å². The van der Waals surface area contributed by atoms with E-state index in [4.69, 9.17) is 4.74 Å². The number of hydrogen-bond acceptors (Lipinski definition) is 2. The van der Waals surface area contributed by atoms with Gasteiger partial charge in [0.15, 0.2) is 0 Å². The molecule has 23 heavy (non-hydrogen) atoms. The molecule has 1 amide bonds. The number of carbonyl (C=O) groups excluding carboxylic acids is 1. The van der Waals surface area contributed by atoms with Gasteiger partial charge in [-0.2, -0.15) is 0 Å². The number of benzene rings is 2. The quantitative estimate of drug-likeness (QED) is 0.797. The highest BCUT2D eigenvalue weighted by atomic mass is 16.5. The maximum absolute atomic E-state index is 12.6. The van der Waals surface area contributed by atoms with Crippen molar-refractivity contribution in [2.75, 3.05) is 11.5 Å². The van der Waals surface area contributed by atoms with Gasteiger partial charge in [0.2, 0.25) is 0 Å². The van der Waals surface area contributed by atoms with Crippen LogP contribution in [0.5, 0.6) is 5.75 Å². The van der Waals surface area contributed by atoms with Crippen molar-refractivity contribution in [1.82, 2.24) is 0 Å². The van der Waals surface area contributed by atoms with Crippen LogP contribution in [0.3, 0.4) is 0 Å². The van der Waals surface area contributed by atoms with Crippen molar-refractivity contribution in [3.05, 3.63) is 65.7 Å². The highest BCUT2D eigenvalue weighted by Crippen LogP contribution is 2.32. The molecule has 0 aliphatic carbocycles. The Bertz CT molecular complexity index is 719. The van der Waals surface area contributed by atoms with Crippen molar-refractivity contribution in [1.29, 1.82) is 0 Å². The molecule has 1 heterocycles. The summed E-state index contributed by atoms with van der Waals surface area (Å²) in [6, 6.07) is 16.1. The first-order chi connectivity index (χ1) is 11.2. The monoisotopic (exact) mass is 307 g/mol. The van der Waals surface area contributed by atoms with E-state index in [0.717, 1.165) is 23.4 Å². The highest BCUT2D eigenvalue weighted by Gasteiger charge is 2.29. The molecule has 0 saturated heterocycles. The fourth-order valence-corrected chi connectivity index (χ4v) is 2.99. The molecule has 0 bridgehead atoms. The average molecular weight is 307 g/mol. The fraction of sp³-hybridized carbons (Fsp3) is 0.250. The van der Waals surface area contributed by atoms with Crippen molar-refractivity contribution < 1.29 is 9.53 Å². The van der Waals surface area contributed by atoms with Gasteiger partial charge >= 0.3 is 0 Å². The summed E-state index contributed by atoms with van der Waals surface area (Å²) in [5, 5.41) is 0. The number of rotatable bonds is 4. The molecule has 1 aliphatic rings. The third kappa shape index (κ3) is 3.29. The molecular formula is C20H21NO2. The molecule has 3 heteroatoms. The van der Waals surface area contributed by atoms with E-state index in [-0.39, 0.29) is 11.9 Å². The molecule has 0 fully saturated rings. The van der Waals surface area contributed by atoms with Crippen LogP contribution in [0.1, 0.15) is 25.0 Å². The lowest BCUT2D eigenvalue weighted by Crippen LogP contribution is -2.34. The maximum atomic E-state index is 12.6. The van der Waals surface area contributed by atoms with Gasteiger partial charge in [-0.3, -0.25) is 4.79 Å². The summed E-state index contributed by atoms with van der Waals surface area (Å²) in [6.45, 7) is 4.70. The van der Waals surface area contributed by atoms with E-state index < -0.39 is 0 Å². The largest absolute Gasteiger partial charge is 0.494 e. The zero-order valence-corrected chi connectivity index (χ0v) is 13.5. The Morgan fingerprint density at radius 1 is 1.22 bits per heavy atom. The van der Waals surface area contributed by atoms with E-state index in [1.54, 1.807) is 6.08 Å². The predicted molar refractivity (Wildman–Crippen MR) is 93.7 cm³/mol. The molecule has 0 spiro atoms. The van der Waals surface area contributed by atoms with Crippen molar-refractivity contribution in [2.24, 2.45) is 0 Å². The molecule has 3 nitrogen and oxygen atoms in total. The number of para-hydroxylation sites is 1. The molecule has 0 N–H and O–H groups in total. The van der Waals surface area contributed by atoms with Crippen LogP contribution in [0.25, 0.3) is 6.08 Å². The smallest absolute Gasteiger partial charge is 0.251 e. The summed E-state index contributed by atoms with van der Waals surface area (Å²) in [4.78, 5) is 14.5. The first kappa shape index (κ1) is 15.3. The lowest BCUT2D eigenvalue weighted by Gasteiger charge is -2.20. The first-order valence-electron chi connectivity index (χ1n) is 8.01. The van der Waals surface area contributed by atoms with E-state index in [2.05, 4.69) is 13.0 Å². The number of carbonyl (C=O) groups is 1. The molecule has 1 aliphatic heterocycles. The van der Waals surface area contributed by atoms with Crippen LogP contribution in [-0.2, 0) is 11.2 Å². The average Bonchev–Trinajstić information content (AvgIpc) is 2.90. The predicted octanol–water partition coefficient (Wildman–Crippen LogP) is 4.08. The van der Waals surface area contributed by atoms with Gasteiger partial charge in [0.05, 0.1) is 6.61 Å². The maximum Gasteiger partial charge on any atom is 0.251 e. The summed E-state index contributed by atoms with van der Waals surface area (Å²) in [6.07, 6.45) is 4.42. The lowest BCUT2D eigenvalue weighted by molar-refractivity contribution is -0.114. The number of amides is 1. The lowest BCUT2D eigenvalue weighted by atomic mass is 10.1. The number of hydrogen-bond donors (Lipinski definition) is 0.